The van der Waals surface area contributed by atoms with Gasteiger partial charge in [0, 0.05) is 31.4 Å². The Kier molecular flexibility index (Phi) is 5.33. The Hall–Kier alpha value is -2.33. The molecular weight excluding hydrogens is 368 g/mol. The van der Waals surface area contributed by atoms with Gasteiger partial charge in [-0.2, -0.15) is 9.29 Å². The summed E-state index contributed by atoms with van der Waals surface area (Å²) in [7, 11) is -2.52. The SMILES string of the molecule is COc1nccc(OC2CCN(S(=O)(=O)c3cc(F)cc(F)c3)CC2)n1. The second-order valence-electron chi connectivity index (χ2n) is 5.71. The van der Waals surface area contributed by atoms with E-state index < -0.39 is 26.6 Å². The first-order chi connectivity index (χ1) is 12.4. The average molecular weight is 385 g/mol. The Morgan fingerprint density at radius 3 is 2.42 bits per heavy atom. The van der Waals surface area contributed by atoms with Crippen molar-refractivity contribution in [1.29, 1.82) is 0 Å². The van der Waals surface area contributed by atoms with Crippen molar-refractivity contribution in [3.05, 3.63) is 42.1 Å². The molecule has 0 saturated carbocycles. The highest BCUT2D eigenvalue weighted by molar-refractivity contribution is 7.89. The first-order valence-corrected chi connectivity index (χ1v) is 9.32. The third-order valence-corrected chi connectivity index (χ3v) is 5.83. The van der Waals surface area contributed by atoms with Crippen LogP contribution in [0.5, 0.6) is 11.9 Å². The molecule has 0 atom stereocenters. The molecule has 0 spiro atoms. The lowest BCUT2D eigenvalue weighted by Gasteiger charge is -2.31. The second kappa shape index (κ2) is 7.50. The average Bonchev–Trinajstić information content (AvgIpc) is 2.61. The number of methoxy groups -OCH3 is 1. The Labute approximate surface area is 149 Å². The van der Waals surface area contributed by atoms with E-state index in [1.807, 2.05) is 0 Å². The zero-order valence-corrected chi connectivity index (χ0v) is 14.7. The standard InChI is InChI=1S/C16H17F2N3O4S/c1-24-16-19-5-2-15(20-16)25-13-3-6-21(7-4-13)26(22,23)14-9-11(17)8-12(18)10-14/h2,5,8-10,13H,3-4,6-7H2,1H3. The molecule has 1 aliphatic rings. The largest absolute Gasteiger partial charge is 0.474 e. The summed E-state index contributed by atoms with van der Waals surface area (Å²) in [6.45, 7) is 0.348. The molecule has 140 valence electrons. The summed E-state index contributed by atoms with van der Waals surface area (Å²) < 4.78 is 63.6. The highest BCUT2D eigenvalue weighted by Gasteiger charge is 2.31. The summed E-state index contributed by atoms with van der Waals surface area (Å²) in [4.78, 5) is 7.54. The maximum atomic E-state index is 13.3. The Balaban J connectivity index is 1.65. The van der Waals surface area contributed by atoms with Crippen LogP contribution in [-0.2, 0) is 10.0 Å². The van der Waals surface area contributed by atoms with E-state index in [2.05, 4.69) is 9.97 Å². The number of hydrogen-bond acceptors (Lipinski definition) is 6. The number of hydrogen-bond donors (Lipinski definition) is 0. The lowest BCUT2D eigenvalue weighted by Crippen LogP contribution is -2.41. The van der Waals surface area contributed by atoms with Crippen molar-refractivity contribution >= 4 is 10.0 Å². The normalized spacial score (nSPS) is 16.4. The van der Waals surface area contributed by atoms with Crippen molar-refractivity contribution in [2.75, 3.05) is 20.2 Å². The fraction of sp³-hybridized carbons (Fsp3) is 0.375. The van der Waals surface area contributed by atoms with Gasteiger partial charge in [0.1, 0.15) is 17.7 Å². The number of halogens is 2. The minimum absolute atomic E-state index is 0.174. The summed E-state index contributed by atoms with van der Waals surface area (Å²) in [6.07, 6.45) is 2.11. The first-order valence-electron chi connectivity index (χ1n) is 7.88. The van der Waals surface area contributed by atoms with Crippen molar-refractivity contribution in [3.63, 3.8) is 0 Å². The van der Waals surface area contributed by atoms with Gasteiger partial charge in [0.2, 0.25) is 15.9 Å². The minimum Gasteiger partial charge on any atom is -0.474 e. The zero-order chi connectivity index (χ0) is 18.7. The monoisotopic (exact) mass is 385 g/mol. The third-order valence-electron chi connectivity index (χ3n) is 3.95. The van der Waals surface area contributed by atoms with E-state index >= 15 is 0 Å². The van der Waals surface area contributed by atoms with E-state index in [1.165, 1.54) is 17.6 Å². The smallest absolute Gasteiger partial charge is 0.319 e. The van der Waals surface area contributed by atoms with Gasteiger partial charge in [-0.15, -0.1) is 0 Å². The molecule has 26 heavy (non-hydrogen) atoms. The maximum Gasteiger partial charge on any atom is 0.319 e. The van der Waals surface area contributed by atoms with Gasteiger partial charge >= 0.3 is 6.01 Å². The molecule has 1 saturated heterocycles. The van der Waals surface area contributed by atoms with Crippen LogP contribution in [0.1, 0.15) is 12.8 Å². The quantitative estimate of drug-likeness (QED) is 0.783. The number of nitrogens with zero attached hydrogens (tertiary/aromatic N) is 3. The van der Waals surface area contributed by atoms with Crippen LogP contribution in [0.2, 0.25) is 0 Å². The van der Waals surface area contributed by atoms with Crippen LogP contribution in [0.25, 0.3) is 0 Å². The topological polar surface area (TPSA) is 81.6 Å². The van der Waals surface area contributed by atoms with Gasteiger partial charge in [0.15, 0.2) is 0 Å². The predicted octanol–water partition coefficient (Wildman–Crippen LogP) is 2.00. The molecule has 0 N–H and O–H groups in total. The van der Waals surface area contributed by atoms with E-state index in [0.717, 1.165) is 12.1 Å². The predicted molar refractivity (Wildman–Crippen MR) is 87.4 cm³/mol. The Morgan fingerprint density at radius 2 is 1.81 bits per heavy atom. The molecule has 2 heterocycles. The molecule has 0 radical (unpaired) electrons. The van der Waals surface area contributed by atoms with Crippen LogP contribution < -0.4 is 9.47 Å². The molecule has 0 bridgehead atoms. The van der Waals surface area contributed by atoms with Gasteiger partial charge in [-0.1, -0.05) is 0 Å². The molecule has 1 fully saturated rings. The molecule has 1 aromatic heterocycles. The molecule has 1 aliphatic heterocycles. The summed E-state index contributed by atoms with van der Waals surface area (Å²) in [5.41, 5.74) is 0. The number of piperidine rings is 1. The minimum atomic E-state index is -3.96. The second-order valence-corrected chi connectivity index (χ2v) is 7.65. The lowest BCUT2D eigenvalue weighted by atomic mass is 10.1. The van der Waals surface area contributed by atoms with Crippen molar-refractivity contribution in [3.8, 4) is 11.9 Å². The third kappa shape index (κ3) is 4.07. The molecule has 10 heteroatoms. The summed E-state index contributed by atoms with van der Waals surface area (Å²) in [5.74, 6) is -1.52. The molecule has 2 aromatic rings. The van der Waals surface area contributed by atoms with Crippen LogP contribution >= 0.6 is 0 Å². The molecular formula is C16H17F2N3O4S. The van der Waals surface area contributed by atoms with E-state index in [-0.39, 0.29) is 25.2 Å². The molecule has 1 aromatic carbocycles. The Morgan fingerprint density at radius 1 is 1.15 bits per heavy atom. The zero-order valence-electron chi connectivity index (χ0n) is 13.9. The van der Waals surface area contributed by atoms with Crippen LogP contribution in [-0.4, -0.2) is 49.0 Å². The fourth-order valence-electron chi connectivity index (χ4n) is 2.68. The van der Waals surface area contributed by atoms with Gasteiger partial charge in [-0.25, -0.2) is 22.2 Å². The van der Waals surface area contributed by atoms with Gasteiger partial charge in [0.25, 0.3) is 0 Å². The number of aromatic nitrogens is 2. The van der Waals surface area contributed by atoms with E-state index in [0.29, 0.717) is 24.8 Å². The summed E-state index contributed by atoms with van der Waals surface area (Å²) in [5, 5.41) is 0. The molecule has 3 rings (SSSR count). The summed E-state index contributed by atoms with van der Waals surface area (Å²) >= 11 is 0. The van der Waals surface area contributed by atoms with E-state index in [1.54, 1.807) is 6.07 Å². The van der Waals surface area contributed by atoms with Crippen molar-refractivity contribution < 1.29 is 26.7 Å². The molecule has 0 unspecified atom stereocenters. The maximum absolute atomic E-state index is 13.3. The highest BCUT2D eigenvalue weighted by Crippen LogP contribution is 2.24. The molecule has 0 amide bonds. The molecule has 0 aliphatic carbocycles. The van der Waals surface area contributed by atoms with Crippen molar-refractivity contribution in [1.82, 2.24) is 14.3 Å². The molecule has 7 nitrogen and oxygen atoms in total. The van der Waals surface area contributed by atoms with Crippen LogP contribution in [0.3, 0.4) is 0 Å². The fourth-order valence-corrected chi connectivity index (χ4v) is 4.19. The number of benzene rings is 1. The number of rotatable bonds is 5. The first kappa shape index (κ1) is 18.5. The van der Waals surface area contributed by atoms with Crippen LogP contribution in [0, 0.1) is 11.6 Å². The Bertz CT molecular complexity index is 867. The van der Waals surface area contributed by atoms with Gasteiger partial charge in [0.05, 0.1) is 12.0 Å². The van der Waals surface area contributed by atoms with Crippen molar-refractivity contribution in [2.45, 2.75) is 23.8 Å². The van der Waals surface area contributed by atoms with Crippen LogP contribution in [0.4, 0.5) is 8.78 Å². The highest BCUT2D eigenvalue weighted by atomic mass is 32.2. The van der Waals surface area contributed by atoms with Gasteiger partial charge < -0.3 is 9.47 Å². The van der Waals surface area contributed by atoms with E-state index in [4.69, 9.17) is 9.47 Å². The number of sulfonamides is 1. The van der Waals surface area contributed by atoms with Crippen molar-refractivity contribution in [2.24, 2.45) is 0 Å². The van der Waals surface area contributed by atoms with Gasteiger partial charge in [-0.05, 0) is 25.0 Å². The lowest BCUT2D eigenvalue weighted by molar-refractivity contribution is 0.128. The number of ether oxygens (including phenoxy) is 2. The van der Waals surface area contributed by atoms with Crippen LogP contribution in [0.15, 0.2) is 35.4 Å². The van der Waals surface area contributed by atoms with Gasteiger partial charge in [-0.3, -0.25) is 0 Å². The van der Waals surface area contributed by atoms with E-state index in [9.17, 15) is 17.2 Å². The summed E-state index contributed by atoms with van der Waals surface area (Å²) in [6, 6.07) is 4.02.